The fraction of sp³-hybridized carbons (Fsp3) is 0.818. The molecule has 1 heterocycles. The second kappa shape index (κ2) is 4.77. The first-order chi connectivity index (χ1) is 6.15. The van der Waals surface area contributed by atoms with Crippen LogP contribution in [0, 0.1) is 0 Å². The molecule has 1 aliphatic rings. The molecule has 13 heavy (non-hydrogen) atoms. The van der Waals surface area contributed by atoms with Crippen LogP contribution in [0.25, 0.3) is 0 Å². The molecule has 0 aromatic carbocycles. The summed E-state index contributed by atoms with van der Waals surface area (Å²) in [4.78, 5) is 2.53. The summed E-state index contributed by atoms with van der Waals surface area (Å²) < 4.78 is 0. The third-order valence-electron chi connectivity index (χ3n) is 3.07. The van der Waals surface area contributed by atoms with E-state index in [4.69, 9.17) is 5.73 Å². The summed E-state index contributed by atoms with van der Waals surface area (Å²) in [5.74, 6) is 0. The predicted octanol–water partition coefficient (Wildman–Crippen LogP) is 1.76. The molecule has 0 saturated carbocycles. The summed E-state index contributed by atoms with van der Waals surface area (Å²) in [6.45, 7) is 10.2. The van der Waals surface area contributed by atoms with E-state index < -0.39 is 0 Å². The lowest BCUT2D eigenvalue weighted by molar-refractivity contribution is 0.115. The van der Waals surface area contributed by atoms with Gasteiger partial charge in [-0.2, -0.15) is 0 Å². The Morgan fingerprint density at radius 3 is 2.38 bits per heavy atom. The molecule has 0 amide bonds. The Balaban J connectivity index is 2.48. The highest BCUT2D eigenvalue weighted by Gasteiger charge is 2.24. The monoisotopic (exact) mass is 182 g/mol. The first-order valence-corrected chi connectivity index (χ1v) is 5.27. The lowest BCUT2D eigenvalue weighted by atomic mass is 9.97. The van der Waals surface area contributed by atoms with Crippen LogP contribution in [0.3, 0.4) is 0 Å². The van der Waals surface area contributed by atoms with Crippen molar-refractivity contribution >= 4 is 0 Å². The van der Waals surface area contributed by atoms with Crippen molar-refractivity contribution in [1.29, 1.82) is 0 Å². The van der Waals surface area contributed by atoms with E-state index in [0.717, 1.165) is 12.1 Å². The van der Waals surface area contributed by atoms with E-state index in [1.807, 2.05) is 0 Å². The zero-order valence-corrected chi connectivity index (χ0v) is 8.92. The van der Waals surface area contributed by atoms with Crippen LogP contribution in [-0.2, 0) is 0 Å². The van der Waals surface area contributed by atoms with Crippen LogP contribution in [0.1, 0.15) is 33.1 Å². The Morgan fingerprint density at radius 2 is 1.92 bits per heavy atom. The highest BCUT2D eigenvalue weighted by molar-refractivity contribution is 5.00. The van der Waals surface area contributed by atoms with Crippen molar-refractivity contribution in [3.8, 4) is 0 Å². The summed E-state index contributed by atoms with van der Waals surface area (Å²) in [6.07, 6.45) is 4.01. The van der Waals surface area contributed by atoms with Gasteiger partial charge < -0.3 is 5.73 Å². The minimum atomic E-state index is 0.621. The molecule has 2 atom stereocenters. The van der Waals surface area contributed by atoms with Gasteiger partial charge >= 0.3 is 0 Å². The number of nitrogens with zero attached hydrogens (tertiary/aromatic N) is 1. The van der Waals surface area contributed by atoms with Crippen molar-refractivity contribution in [2.75, 3.05) is 13.1 Å². The summed E-state index contributed by atoms with van der Waals surface area (Å²) in [6, 6.07) is 1.40. The zero-order valence-electron chi connectivity index (χ0n) is 8.92. The first-order valence-electron chi connectivity index (χ1n) is 5.27. The second-order valence-electron chi connectivity index (χ2n) is 4.26. The topological polar surface area (TPSA) is 29.3 Å². The van der Waals surface area contributed by atoms with E-state index in [0.29, 0.717) is 18.6 Å². The molecule has 1 rings (SSSR count). The van der Waals surface area contributed by atoms with Gasteiger partial charge in [0.2, 0.25) is 0 Å². The van der Waals surface area contributed by atoms with Crippen LogP contribution in [0.2, 0.25) is 0 Å². The zero-order chi connectivity index (χ0) is 9.84. The normalized spacial score (nSPS) is 30.4. The van der Waals surface area contributed by atoms with Crippen LogP contribution < -0.4 is 5.73 Å². The molecule has 2 heteroatoms. The maximum absolute atomic E-state index is 5.55. The van der Waals surface area contributed by atoms with Crippen LogP contribution in [0.15, 0.2) is 12.2 Å². The number of piperidine rings is 1. The van der Waals surface area contributed by atoms with Crippen molar-refractivity contribution in [1.82, 2.24) is 4.90 Å². The van der Waals surface area contributed by atoms with Crippen LogP contribution in [0.5, 0.6) is 0 Å². The summed E-state index contributed by atoms with van der Waals surface area (Å²) >= 11 is 0. The largest absolute Gasteiger partial charge is 0.327 e. The molecule has 0 aromatic rings. The molecule has 0 spiro atoms. The molecule has 2 nitrogen and oxygen atoms in total. The van der Waals surface area contributed by atoms with E-state index in [2.05, 4.69) is 25.3 Å². The predicted molar refractivity (Wildman–Crippen MR) is 57.7 cm³/mol. The minimum Gasteiger partial charge on any atom is -0.327 e. The molecule has 1 fully saturated rings. The van der Waals surface area contributed by atoms with Crippen molar-refractivity contribution < 1.29 is 0 Å². The average Bonchev–Trinajstić information content (AvgIpc) is 2.11. The Kier molecular flexibility index (Phi) is 3.94. The molecule has 0 aliphatic carbocycles. The smallest absolute Gasteiger partial charge is 0.0208 e. The van der Waals surface area contributed by atoms with Gasteiger partial charge in [-0.25, -0.2) is 0 Å². The standard InChI is InChI=1S/C11H22N2/c1-9(7-12)8-13-10(2)5-4-6-11(13)3/h10-11H,1,4-8,12H2,2-3H3. The van der Waals surface area contributed by atoms with Gasteiger partial charge in [-0.1, -0.05) is 13.0 Å². The molecule has 2 N–H and O–H groups in total. The molecule has 1 saturated heterocycles. The fourth-order valence-electron chi connectivity index (χ4n) is 2.11. The van der Waals surface area contributed by atoms with Gasteiger partial charge in [0.25, 0.3) is 0 Å². The van der Waals surface area contributed by atoms with Gasteiger partial charge in [-0.05, 0) is 32.3 Å². The maximum Gasteiger partial charge on any atom is 0.0208 e. The van der Waals surface area contributed by atoms with Crippen LogP contribution >= 0.6 is 0 Å². The Bertz CT molecular complexity index is 167. The third kappa shape index (κ3) is 2.82. The SMILES string of the molecule is C=C(CN)CN1C(C)CCCC1C. The summed E-state index contributed by atoms with van der Waals surface area (Å²) in [5, 5.41) is 0. The van der Waals surface area contributed by atoms with Crippen LogP contribution in [-0.4, -0.2) is 30.1 Å². The van der Waals surface area contributed by atoms with E-state index in [1.54, 1.807) is 0 Å². The van der Waals surface area contributed by atoms with Gasteiger partial charge in [0.05, 0.1) is 0 Å². The molecule has 76 valence electrons. The number of hydrogen-bond acceptors (Lipinski definition) is 2. The fourth-order valence-corrected chi connectivity index (χ4v) is 2.11. The molecule has 1 aliphatic heterocycles. The van der Waals surface area contributed by atoms with Crippen molar-refractivity contribution in [3.63, 3.8) is 0 Å². The number of nitrogens with two attached hydrogens (primary N) is 1. The molecular formula is C11H22N2. The van der Waals surface area contributed by atoms with E-state index in [-0.39, 0.29) is 0 Å². The lowest BCUT2D eigenvalue weighted by Crippen LogP contribution is -2.45. The highest BCUT2D eigenvalue weighted by atomic mass is 15.2. The van der Waals surface area contributed by atoms with Crippen molar-refractivity contribution in [3.05, 3.63) is 12.2 Å². The maximum atomic E-state index is 5.55. The molecular weight excluding hydrogens is 160 g/mol. The molecule has 0 bridgehead atoms. The second-order valence-corrected chi connectivity index (χ2v) is 4.26. The lowest BCUT2D eigenvalue weighted by Gasteiger charge is -2.39. The quantitative estimate of drug-likeness (QED) is 0.674. The Morgan fingerprint density at radius 1 is 1.38 bits per heavy atom. The molecule has 0 radical (unpaired) electrons. The van der Waals surface area contributed by atoms with Crippen LogP contribution in [0.4, 0.5) is 0 Å². The van der Waals surface area contributed by atoms with Crippen molar-refractivity contribution in [2.45, 2.75) is 45.2 Å². The average molecular weight is 182 g/mol. The third-order valence-corrected chi connectivity index (χ3v) is 3.07. The van der Waals surface area contributed by atoms with Gasteiger partial charge in [-0.15, -0.1) is 0 Å². The number of likely N-dealkylation sites (tertiary alicyclic amines) is 1. The van der Waals surface area contributed by atoms with Gasteiger partial charge in [0.15, 0.2) is 0 Å². The number of hydrogen-bond donors (Lipinski definition) is 1. The minimum absolute atomic E-state index is 0.621. The number of rotatable bonds is 3. The Hall–Kier alpha value is -0.340. The molecule has 2 unspecified atom stereocenters. The van der Waals surface area contributed by atoms with Gasteiger partial charge in [0, 0.05) is 25.2 Å². The van der Waals surface area contributed by atoms with Gasteiger partial charge in [-0.3, -0.25) is 4.90 Å². The van der Waals surface area contributed by atoms with E-state index >= 15 is 0 Å². The van der Waals surface area contributed by atoms with E-state index in [1.165, 1.54) is 19.3 Å². The molecule has 0 aromatic heterocycles. The Labute approximate surface area is 81.8 Å². The van der Waals surface area contributed by atoms with Crippen molar-refractivity contribution in [2.24, 2.45) is 5.73 Å². The van der Waals surface area contributed by atoms with Gasteiger partial charge in [0.1, 0.15) is 0 Å². The summed E-state index contributed by atoms with van der Waals surface area (Å²) in [5.41, 5.74) is 6.71. The summed E-state index contributed by atoms with van der Waals surface area (Å²) in [7, 11) is 0. The highest BCUT2D eigenvalue weighted by Crippen LogP contribution is 2.22. The van der Waals surface area contributed by atoms with E-state index in [9.17, 15) is 0 Å². The first kappa shape index (κ1) is 10.7.